The highest BCUT2D eigenvalue weighted by molar-refractivity contribution is 9.10. The van der Waals surface area contributed by atoms with Gasteiger partial charge in [-0.05, 0) is 47.1 Å². The van der Waals surface area contributed by atoms with Crippen molar-refractivity contribution < 1.29 is 9.13 Å². The smallest absolute Gasteiger partial charge is 0.154 e. The van der Waals surface area contributed by atoms with Gasteiger partial charge in [0.05, 0.1) is 10.2 Å². The molecule has 2 aromatic carbocycles. The van der Waals surface area contributed by atoms with E-state index in [2.05, 4.69) is 15.9 Å². The van der Waals surface area contributed by atoms with E-state index in [1.807, 2.05) is 0 Å². The van der Waals surface area contributed by atoms with Crippen molar-refractivity contribution >= 4 is 33.2 Å². The average molecular weight is 331 g/mol. The zero-order chi connectivity index (χ0) is 13.3. The lowest BCUT2D eigenvalue weighted by atomic mass is 10.2. The van der Waals surface area contributed by atoms with Gasteiger partial charge in [0.2, 0.25) is 0 Å². The third kappa shape index (κ3) is 2.60. The topological polar surface area (TPSA) is 35.2 Å². The van der Waals surface area contributed by atoms with Crippen LogP contribution in [0.2, 0.25) is 5.02 Å². The summed E-state index contributed by atoms with van der Waals surface area (Å²) in [5.74, 6) is 0.410. The summed E-state index contributed by atoms with van der Waals surface area (Å²) in [7, 11) is 0. The second-order valence-corrected chi connectivity index (χ2v) is 5.03. The van der Waals surface area contributed by atoms with Crippen LogP contribution in [0.25, 0.3) is 0 Å². The third-order valence-electron chi connectivity index (χ3n) is 2.48. The summed E-state index contributed by atoms with van der Waals surface area (Å²) in [6.45, 7) is 1.79. The van der Waals surface area contributed by atoms with Crippen LogP contribution in [0.4, 0.5) is 10.1 Å². The average Bonchev–Trinajstić information content (AvgIpc) is 2.34. The maximum absolute atomic E-state index is 13.2. The minimum Gasteiger partial charge on any atom is -0.454 e. The zero-order valence-corrected chi connectivity index (χ0v) is 11.8. The first-order valence-electron chi connectivity index (χ1n) is 5.16. The van der Waals surface area contributed by atoms with E-state index in [-0.39, 0.29) is 5.82 Å². The molecule has 2 aromatic rings. The molecule has 0 aromatic heterocycles. The Hall–Kier alpha value is -1.26. The van der Waals surface area contributed by atoms with Crippen molar-refractivity contribution in [2.24, 2.45) is 0 Å². The van der Waals surface area contributed by atoms with Crippen LogP contribution in [0.3, 0.4) is 0 Å². The fourth-order valence-electron chi connectivity index (χ4n) is 1.49. The number of nitrogens with two attached hydrogens (primary N) is 1. The van der Waals surface area contributed by atoms with Crippen LogP contribution in [0.1, 0.15) is 5.56 Å². The van der Waals surface area contributed by atoms with Gasteiger partial charge in [0.1, 0.15) is 11.6 Å². The minimum atomic E-state index is -0.383. The zero-order valence-electron chi connectivity index (χ0n) is 9.51. The largest absolute Gasteiger partial charge is 0.454 e. The van der Waals surface area contributed by atoms with E-state index in [0.29, 0.717) is 32.2 Å². The van der Waals surface area contributed by atoms with Gasteiger partial charge >= 0.3 is 0 Å². The molecule has 0 fully saturated rings. The molecule has 0 saturated carbocycles. The van der Waals surface area contributed by atoms with Crippen LogP contribution in [0.15, 0.2) is 34.8 Å². The molecule has 0 spiro atoms. The van der Waals surface area contributed by atoms with Gasteiger partial charge in [-0.15, -0.1) is 0 Å². The van der Waals surface area contributed by atoms with Gasteiger partial charge < -0.3 is 10.5 Å². The number of hydrogen-bond acceptors (Lipinski definition) is 2. The molecule has 2 N–H and O–H groups in total. The van der Waals surface area contributed by atoms with Crippen LogP contribution in [-0.4, -0.2) is 0 Å². The van der Waals surface area contributed by atoms with Gasteiger partial charge in [-0.2, -0.15) is 0 Å². The van der Waals surface area contributed by atoms with Gasteiger partial charge in [-0.25, -0.2) is 4.39 Å². The first-order valence-corrected chi connectivity index (χ1v) is 6.33. The predicted octanol–water partition coefficient (Wildman–Crippen LogP) is 4.92. The van der Waals surface area contributed by atoms with Crippen molar-refractivity contribution in [2.45, 2.75) is 6.92 Å². The van der Waals surface area contributed by atoms with Gasteiger partial charge in [-0.1, -0.05) is 11.6 Å². The SMILES string of the molecule is Cc1c(Cl)ccc(N)c1Oc1cc(F)ccc1Br. The fourth-order valence-corrected chi connectivity index (χ4v) is 1.97. The Labute approximate surface area is 118 Å². The molecular weight excluding hydrogens is 321 g/mol. The van der Waals surface area contributed by atoms with Crippen molar-refractivity contribution in [1.82, 2.24) is 0 Å². The van der Waals surface area contributed by atoms with Gasteiger partial charge in [0.25, 0.3) is 0 Å². The van der Waals surface area contributed by atoms with Crippen molar-refractivity contribution in [3.63, 3.8) is 0 Å². The van der Waals surface area contributed by atoms with Gasteiger partial charge in [0, 0.05) is 16.7 Å². The normalized spacial score (nSPS) is 10.4. The number of anilines is 1. The van der Waals surface area contributed by atoms with E-state index in [1.54, 1.807) is 25.1 Å². The monoisotopic (exact) mass is 329 g/mol. The lowest BCUT2D eigenvalue weighted by Gasteiger charge is -2.13. The summed E-state index contributed by atoms with van der Waals surface area (Å²) in [5.41, 5.74) is 7.00. The molecule has 0 aliphatic rings. The quantitative estimate of drug-likeness (QED) is 0.793. The molecule has 0 radical (unpaired) electrons. The Morgan fingerprint density at radius 2 is 2.00 bits per heavy atom. The molecular formula is C13H10BrClFNO. The van der Waals surface area contributed by atoms with E-state index >= 15 is 0 Å². The van der Waals surface area contributed by atoms with Crippen molar-refractivity contribution in [1.29, 1.82) is 0 Å². The summed E-state index contributed by atoms with van der Waals surface area (Å²) in [5, 5.41) is 0.548. The summed E-state index contributed by atoms with van der Waals surface area (Å²) < 4.78 is 19.4. The molecule has 0 saturated heterocycles. The van der Waals surface area contributed by atoms with Crippen molar-refractivity contribution in [2.75, 3.05) is 5.73 Å². The van der Waals surface area contributed by atoms with E-state index in [9.17, 15) is 4.39 Å². The Kier molecular flexibility index (Phi) is 3.78. The van der Waals surface area contributed by atoms with Crippen LogP contribution in [0.5, 0.6) is 11.5 Å². The molecule has 94 valence electrons. The van der Waals surface area contributed by atoms with Crippen LogP contribution >= 0.6 is 27.5 Å². The molecule has 0 aliphatic heterocycles. The number of rotatable bonds is 2. The van der Waals surface area contributed by atoms with E-state index in [1.165, 1.54) is 12.1 Å². The Bertz CT molecular complexity index is 604. The van der Waals surface area contributed by atoms with Crippen molar-refractivity contribution in [3.05, 3.63) is 51.2 Å². The second-order valence-electron chi connectivity index (χ2n) is 3.77. The van der Waals surface area contributed by atoms with E-state index in [0.717, 1.165) is 0 Å². The summed E-state index contributed by atoms with van der Waals surface area (Å²) in [4.78, 5) is 0. The molecule has 0 unspecified atom stereocenters. The molecule has 18 heavy (non-hydrogen) atoms. The number of hydrogen-bond donors (Lipinski definition) is 1. The Morgan fingerprint density at radius 3 is 2.72 bits per heavy atom. The first kappa shape index (κ1) is 13.2. The summed E-state index contributed by atoms with van der Waals surface area (Å²) in [6.07, 6.45) is 0. The maximum atomic E-state index is 13.2. The van der Waals surface area contributed by atoms with E-state index in [4.69, 9.17) is 22.1 Å². The van der Waals surface area contributed by atoms with Gasteiger partial charge in [-0.3, -0.25) is 0 Å². The summed E-state index contributed by atoms with van der Waals surface area (Å²) >= 11 is 9.29. The number of benzene rings is 2. The number of halogens is 3. The highest BCUT2D eigenvalue weighted by atomic mass is 79.9. The molecule has 5 heteroatoms. The highest BCUT2D eigenvalue weighted by Gasteiger charge is 2.11. The number of nitrogen functional groups attached to an aromatic ring is 1. The van der Waals surface area contributed by atoms with Gasteiger partial charge in [0.15, 0.2) is 5.75 Å². The standard InChI is InChI=1S/C13H10BrClFNO/c1-7-10(15)4-5-11(17)13(7)18-12-6-8(16)2-3-9(12)14/h2-6H,17H2,1H3. The Balaban J connectivity index is 2.46. The molecule has 0 heterocycles. The molecule has 2 nitrogen and oxygen atoms in total. The van der Waals surface area contributed by atoms with Crippen LogP contribution < -0.4 is 10.5 Å². The number of ether oxygens (including phenoxy) is 1. The van der Waals surface area contributed by atoms with Crippen molar-refractivity contribution in [3.8, 4) is 11.5 Å². The maximum Gasteiger partial charge on any atom is 0.154 e. The highest BCUT2D eigenvalue weighted by Crippen LogP contribution is 2.37. The Morgan fingerprint density at radius 1 is 1.28 bits per heavy atom. The first-order chi connectivity index (χ1) is 8.49. The minimum absolute atomic E-state index is 0.354. The lowest BCUT2D eigenvalue weighted by molar-refractivity contribution is 0.472. The van der Waals surface area contributed by atoms with Crippen LogP contribution in [0, 0.1) is 12.7 Å². The fraction of sp³-hybridized carbons (Fsp3) is 0.0769. The van der Waals surface area contributed by atoms with Crippen LogP contribution in [-0.2, 0) is 0 Å². The van der Waals surface area contributed by atoms with E-state index < -0.39 is 0 Å². The third-order valence-corrected chi connectivity index (χ3v) is 3.54. The molecule has 2 rings (SSSR count). The lowest BCUT2D eigenvalue weighted by Crippen LogP contribution is -1.96. The molecule has 0 bridgehead atoms. The molecule has 0 amide bonds. The molecule has 0 atom stereocenters. The summed E-state index contributed by atoms with van der Waals surface area (Å²) in [6, 6.07) is 7.54. The second kappa shape index (κ2) is 5.16. The molecule has 0 aliphatic carbocycles. The predicted molar refractivity (Wildman–Crippen MR) is 74.8 cm³/mol.